The molecule has 0 unspecified atom stereocenters. The van der Waals surface area contributed by atoms with Gasteiger partial charge < -0.3 is 24.8 Å². The lowest BCUT2D eigenvalue weighted by Crippen LogP contribution is -2.39. The summed E-state index contributed by atoms with van der Waals surface area (Å²) in [5, 5.41) is 6.18. The summed E-state index contributed by atoms with van der Waals surface area (Å²) in [6.07, 6.45) is -0.891. The van der Waals surface area contributed by atoms with Crippen LogP contribution in [0.15, 0.2) is 23.3 Å². The molecule has 0 saturated heterocycles. The maximum Gasteiger partial charge on any atom is 0.422 e. The second-order valence-electron chi connectivity index (χ2n) is 6.07. The van der Waals surface area contributed by atoms with Crippen molar-refractivity contribution in [3.05, 3.63) is 23.9 Å². The molecule has 7 nitrogen and oxygen atoms in total. The topological polar surface area (TPSA) is 77.0 Å². The van der Waals surface area contributed by atoms with Gasteiger partial charge in [-0.3, -0.25) is 0 Å². The van der Waals surface area contributed by atoms with Crippen LogP contribution in [0.25, 0.3) is 0 Å². The molecule has 0 amide bonds. The standard InChI is InChI=1S/C19H31F3N4O3/c1-3-5-10-27-12-13-28-11-9-25-18(23-4-2)26-14-16-7-6-8-24-17(16)29-15-19(20,21)22/h6-8H,3-5,9-15H2,1-2H3,(H2,23,25,26). The summed E-state index contributed by atoms with van der Waals surface area (Å²) in [6, 6.07) is 3.26. The summed E-state index contributed by atoms with van der Waals surface area (Å²) in [5.74, 6) is 0.455. The van der Waals surface area contributed by atoms with E-state index in [1.807, 2.05) is 6.92 Å². The normalized spacial score (nSPS) is 12.1. The fraction of sp³-hybridized carbons (Fsp3) is 0.684. The fourth-order valence-electron chi connectivity index (χ4n) is 2.14. The van der Waals surface area contributed by atoms with Crippen LogP contribution in [0.5, 0.6) is 5.88 Å². The van der Waals surface area contributed by atoms with Gasteiger partial charge in [0.2, 0.25) is 5.88 Å². The van der Waals surface area contributed by atoms with E-state index in [9.17, 15) is 13.2 Å². The molecule has 0 fully saturated rings. The quantitative estimate of drug-likeness (QED) is 0.274. The summed E-state index contributed by atoms with van der Waals surface area (Å²) in [7, 11) is 0. The molecule has 10 heteroatoms. The Hall–Kier alpha value is -2.07. The fourth-order valence-corrected chi connectivity index (χ4v) is 2.14. The second kappa shape index (κ2) is 14.9. The van der Waals surface area contributed by atoms with Gasteiger partial charge in [0, 0.05) is 31.5 Å². The molecule has 0 spiro atoms. The number of hydrogen-bond acceptors (Lipinski definition) is 5. The molecule has 1 aromatic rings. The molecule has 1 heterocycles. The highest BCUT2D eigenvalue weighted by molar-refractivity contribution is 5.79. The van der Waals surface area contributed by atoms with Gasteiger partial charge in [-0.25, -0.2) is 9.98 Å². The third-order valence-electron chi connectivity index (χ3n) is 3.53. The first-order chi connectivity index (χ1) is 14.0. The van der Waals surface area contributed by atoms with Gasteiger partial charge in [0.15, 0.2) is 12.6 Å². The Morgan fingerprint density at radius 1 is 1.10 bits per heavy atom. The highest BCUT2D eigenvalue weighted by Crippen LogP contribution is 2.20. The molecule has 0 aliphatic carbocycles. The molecule has 0 saturated carbocycles. The molecule has 0 aliphatic heterocycles. The number of ether oxygens (including phenoxy) is 3. The average Bonchev–Trinajstić information content (AvgIpc) is 2.69. The van der Waals surface area contributed by atoms with Gasteiger partial charge in [0.05, 0.1) is 26.4 Å². The minimum Gasteiger partial charge on any atom is -0.468 e. The number of aliphatic imine (C=N–C) groups is 1. The average molecular weight is 420 g/mol. The van der Waals surface area contributed by atoms with Crippen LogP contribution in [0.1, 0.15) is 32.3 Å². The number of unbranched alkanes of at least 4 members (excludes halogenated alkanes) is 1. The van der Waals surface area contributed by atoms with Crippen molar-refractivity contribution >= 4 is 5.96 Å². The van der Waals surface area contributed by atoms with E-state index in [1.54, 1.807) is 12.1 Å². The van der Waals surface area contributed by atoms with Crippen LogP contribution >= 0.6 is 0 Å². The number of aromatic nitrogens is 1. The van der Waals surface area contributed by atoms with Crippen molar-refractivity contribution in [3.8, 4) is 5.88 Å². The van der Waals surface area contributed by atoms with E-state index >= 15 is 0 Å². The Balaban J connectivity index is 2.42. The Labute approximate surface area is 170 Å². The number of rotatable bonds is 14. The summed E-state index contributed by atoms with van der Waals surface area (Å²) in [4.78, 5) is 8.23. The third-order valence-corrected chi connectivity index (χ3v) is 3.53. The molecule has 0 radical (unpaired) electrons. The first-order valence-corrected chi connectivity index (χ1v) is 9.77. The lowest BCUT2D eigenvalue weighted by molar-refractivity contribution is -0.154. The number of hydrogen-bond donors (Lipinski definition) is 2. The summed E-state index contributed by atoms with van der Waals surface area (Å²) < 4.78 is 52.8. The number of nitrogens with zero attached hydrogens (tertiary/aromatic N) is 2. The van der Waals surface area contributed by atoms with Crippen LogP contribution in [0, 0.1) is 0 Å². The van der Waals surface area contributed by atoms with Gasteiger partial charge in [-0.1, -0.05) is 19.4 Å². The molecule has 166 valence electrons. The van der Waals surface area contributed by atoms with E-state index in [4.69, 9.17) is 14.2 Å². The maximum absolute atomic E-state index is 12.4. The molecular weight excluding hydrogens is 389 g/mol. The van der Waals surface area contributed by atoms with Gasteiger partial charge >= 0.3 is 6.18 Å². The van der Waals surface area contributed by atoms with Crippen molar-refractivity contribution in [2.75, 3.05) is 46.1 Å². The van der Waals surface area contributed by atoms with Gasteiger partial charge in [-0.2, -0.15) is 13.2 Å². The first kappa shape index (κ1) is 25.0. The predicted octanol–water partition coefficient (Wildman–Crippen LogP) is 2.91. The summed E-state index contributed by atoms with van der Waals surface area (Å²) in [5.41, 5.74) is 0.467. The number of pyridine rings is 1. The molecule has 2 N–H and O–H groups in total. The zero-order chi connectivity index (χ0) is 21.4. The first-order valence-electron chi connectivity index (χ1n) is 9.77. The largest absolute Gasteiger partial charge is 0.468 e. The predicted molar refractivity (Wildman–Crippen MR) is 105 cm³/mol. The Morgan fingerprint density at radius 3 is 2.55 bits per heavy atom. The minimum absolute atomic E-state index is 0.0733. The van der Waals surface area contributed by atoms with E-state index in [0.29, 0.717) is 44.4 Å². The van der Waals surface area contributed by atoms with E-state index in [1.165, 1.54) is 6.20 Å². The Morgan fingerprint density at radius 2 is 1.86 bits per heavy atom. The lowest BCUT2D eigenvalue weighted by Gasteiger charge is -2.13. The van der Waals surface area contributed by atoms with Gasteiger partial charge in [0.25, 0.3) is 0 Å². The number of guanidine groups is 1. The van der Waals surface area contributed by atoms with Crippen LogP contribution in [0.2, 0.25) is 0 Å². The second-order valence-corrected chi connectivity index (χ2v) is 6.07. The molecule has 0 aromatic carbocycles. The number of alkyl halides is 3. The van der Waals surface area contributed by atoms with Crippen LogP contribution in [-0.2, 0) is 16.0 Å². The molecule has 0 bridgehead atoms. The van der Waals surface area contributed by atoms with Crippen molar-refractivity contribution < 1.29 is 27.4 Å². The van der Waals surface area contributed by atoms with Crippen LogP contribution in [0.3, 0.4) is 0 Å². The van der Waals surface area contributed by atoms with E-state index in [0.717, 1.165) is 19.4 Å². The van der Waals surface area contributed by atoms with Crippen molar-refractivity contribution in [1.82, 2.24) is 15.6 Å². The van der Waals surface area contributed by atoms with Crippen molar-refractivity contribution in [3.63, 3.8) is 0 Å². The van der Waals surface area contributed by atoms with Crippen LogP contribution < -0.4 is 15.4 Å². The van der Waals surface area contributed by atoms with Gasteiger partial charge in [-0.05, 0) is 19.4 Å². The van der Waals surface area contributed by atoms with E-state index < -0.39 is 12.8 Å². The maximum atomic E-state index is 12.4. The van der Waals surface area contributed by atoms with Crippen LogP contribution in [-0.4, -0.2) is 63.2 Å². The summed E-state index contributed by atoms with van der Waals surface area (Å²) >= 11 is 0. The highest BCUT2D eigenvalue weighted by Gasteiger charge is 2.29. The van der Waals surface area contributed by atoms with Crippen molar-refractivity contribution in [2.24, 2.45) is 4.99 Å². The van der Waals surface area contributed by atoms with Crippen LogP contribution in [0.4, 0.5) is 13.2 Å². The monoisotopic (exact) mass is 420 g/mol. The Bertz CT molecular complexity index is 586. The molecule has 29 heavy (non-hydrogen) atoms. The van der Waals surface area contributed by atoms with Crippen molar-refractivity contribution in [2.45, 2.75) is 39.4 Å². The zero-order valence-electron chi connectivity index (χ0n) is 17.1. The summed E-state index contributed by atoms with van der Waals surface area (Å²) in [6.45, 7) is 6.26. The third kappa shape index (κ3) is 12.9. The van der Waals surface area contributed by atoms with Crippen molar-refractivity contribution in [1.29, 1.82) is 0 Å². The number of halogens is 3. The van der Waals surface area contributed by atoms with E-state index in [2.05, 4.69) is 27.5 Å². The molecule has 1 rings (SSSR count). The lowest BCUT2D eigenvalue weighted by atomic mass is 10.3. The van der Waals surface area contributed by atoms with Gasteiger partial charge in [0.1, 0.15) is 0 Å². The zero-order valence-corrected chi connectivity index (χ0v) is 17.1. The molecule has 1 aromatic heterocycles. The smallest absolute Gasteiger partial charge is 0.422 e. The molecule has 0 atom stereocenters. The van der Waals surface area contributed by atoms with E-state index in [-0.39, 0.29) is 12.4 Å². The van der Waals surface area contributed by atoms with Gasteiger partial charge in [-0.15, -0.1) is 0 Å². The minimum atomic E-state index is -4.42. The SMILES string of the molecule is CCCCOCCOCCNC(=NCc1cccnc1OCC(F)(F)F)NCC. The number of nitrogens with one attached hydrogen (secondary N) is 2. The Kier molecular flexibility index (Phi) is 12.8. The molecule has 0 aliphatic rings. The highest BCUT2D eigenvalue weighted by atomic mass is 19.4. The molecular formula is C19H31F3N4O3.